The number of piperazine rings is 1. The van der Waals surface area contributed by atoms with Gasteiger partial charge in [0.2, 0.25) is 11.9 Å². The summed E-state index contributed by atoms with van der Waals surface area (Å²) in [7, 11) is 0. The molecule has 0 aliphatic carbocycles. The van der Waals surface area contributed by atoms with Crippen LogP contribution in [0.25, 0.3) is 0 Å². The van der Waals surface area contributed by atoms with Crippen LogP contribution in [0, 0.1) is 0 Å². The molecular weight excluding hydrogens is 482 g/mol. The second-order valence-corrected chi connectivity index (χ2v) is 9.39. The van der Waals surface area contributed by atoms with Crippen molar-refractivity contribution in [3.8, 4) is 0 Å². The molecule has 0 saturated carbocycles. The van der Waals surface area contributed by atoms with Crippen molar-refractivity contribution in [1.82, 2.24) is 29.7 Å². The number of aromatic nitrogens is 4. The van der Waals surface area contributed by atoms with Crippen molar-refractivity contribution in [2.24, 2.45) is 0 Å². The van der Waals surface area contributed by atoms with Crippen LogP contribution in [0.15, 0.2) is 48.7 Å². The summed E-state index contributed by atoms with van der Waals surface area (Å²) < 4.78 is 5.45. The van der Waals surface area contributed by atoms with Crippen molar-refractivity contribution in [1.29, 1.82) is 0 Å². The molecule has 4 heterocycles. The van der Waals surface area contributed by atoms with Gasteiger partial charge in [0.1, 0.15) is 11.6 Å². The molecule has 2 N–H and O–H groups in total. The number of carbonyl (C=O) groups is 1. The monoisotopic (exact) mass is 517 g/mol. The van der Waals surface area contributed by atoms with Crippen molar-refractivity contribution in [2.45, 2.75) is 13.3 Å². The number of nitrogens with zero attached hydrogens (tertiary/aromatic N) is 7. The Labute approximate surface area is 223 Å². The molecular formula is C27H35N9O2. The summed E-state index contributed by atoms with van der Waals surface area (Å²) in [4.78, 5) is 38.0. The van der Waals surface area contributed by atoms with Crippen LogP contribution in [0.3, 0.4) is 0 Å². The number of benzene rings is 1. The van der Waals surface area contributed by atoms with E-state index in [1.807, 2.05) is 37.3 Å². The Morgan fingerprint density at radius 2 is 1.63 bits per heavy atom. The molecule has 0 unspecified atom stereocenters. The van der Waals surface area contributed by atoms with Gasteiger partial charge in [0, 0.05) is 70.7 Å². The first-order valence-electron chi connectivity index (χ1n) is 13.3. The van der Waals surface area contributed by atoms with Gasteiger partial charge in [0.15, 0.2) is 0 Å². The van der Waals surface area contributed by atoms with E-state index >= 15 is 0 Å². The molecule has 2 fully saturated rings. The maximum atomic E-state index is 12.5. The van der Waals surface area contributed by atoms with E-state index in [0.29, 0.717) is 29.7 Å². The Morgan fingerprint density at radius 1 is 0.895 bits per heavy atom. The summed E-state index contributed by atoms with van der Waals surface area (Å²) in [5.74, 6) is 2.22. The number of hydrogen-bond donors (Lipinski definition) is 2. The largest absolute Gasteiger partial charge is 0.379 e. The summed E-state index contributed by atoms with van der Waals surface area (Å²) in [5, 5.41) is 6.05. The molecule has 11 heteroatoms. The Morgan fingerprint density at radius 3 is 2.32 bits per heavy atom. The van der Waals surface area contributed by atoms with Gasteiger partial charge in [-0.1, -0.05) is 25.1 Å². The molecule has 2 aliphatic heterocycles. The van der Waals surface area contributed by atoms with Gasteiger partial charge < -0.3 is 20.3 Å². The summed E-state index contributed by atoms with van der Waals surface area (Å²) >= 11 is 0. The van der Waals surface area contributed by atoms with E-state index < -0.39 is 0 Å². The number of morpholine rings is 1. The van der Waals surface area contributed by atoms with Gasteiger partial charge in [-0.05, 0) is 24.3 Å². The van der Waals surface area contributed by atoms with E-state index in [0.717, 1.165) is 77.1 Å². The first-order valence-corrected chi connectivity index (χ1v) is 13.3. The highest BCUT2D eigenvalue weighted by Crippen LogP contribution is 2.17. The molecule has 200 valence electrons. The number of nitrogens with one attached hydrogen (secondary N) is 2. The molecule has 1 aromatic carbocycles. The fraction of sp³-hybridized carbons (Fsp3) is 0.444. The first kappa shape index (κ1) is 26.0. The van der Waals surface area contributed by atoms with Crippen LogP contribution in [-0.4, -0.2) is 101 Å². The topological polar surface area (TPSA) is 112 Å². The van der Waals surface area contributed by atoms with E-state index in [9.17, 15) is 4.79 Å². The summed E-state index contributed by atoms with van der Waals surface area (Å²) in [6.07, 6.45) is 2.25. The molecule has 0 spiro atoms. The molecule has 0 radical (unpaired) electrons. The molecule has 2 saturated heterocycles. The standard InChI is InChI=1S/C27H35N9O2/c1-2-23-30-26(31-24-9-8-21(20-28-24)25(37)29-22-6-4-3-5-7-22)33-27(32-23)36-14-12-34(13-15-36)10-11-35-16-18-38-19-17-35/h3-9,20H,2,10-19H2,1H3,(H,29,37)(H,28,30,31,32,33). The Kier molecular flexibility index (Phi) is 8.69. The van der Waals surface area contributed by atoms with Crippen LogP contribution in [0.2, 0.25) is 0 Å². The van der Waals surface area contributed by atoms with Gasteiger partial charge in [-0.2, -0.15) is 15.0 Å². The molecule has 5 rings (SSSR count). The fourth-order valence-corrected chi connectivity index (χ4v) is 4.48. The zero-order valence-electron chi connectivity index (χ0n) is 21.8. The van der Waals surface area contributed by atoms with Gasteiger partial charge >= 0.3 is 0 Å². The van der Waals surface area contributed by atoms with E-state index in [1.54, 1.807) is 18.3 Å². The highest BCUT2D eigenvalue weighted by molar-refractivity contribution is 6.04. The Bertz CT molecular complexity index is 1180. The maximum absolute atomic E-state index is 12.5. The molecule has 11 nitrogen and oxygen atoms in total. The van der Waals surface area contributed by atoms with Crippen molar-refractivity contribution < 1.29 is 9.53 Å². The van der Waals surface area contributed by atoms with Crippen molar-refractivity contribution >= 4 is 29.3 Å². The van der Waals surface area contributed by atoms with E-state index in [-0.39, 0.29) is 5.91 Å². The fourth-order valence-electron chi connectivity index (χ4n) is 4.48. The lowest BCUT2D eigenvalue weighted by Crippen LogP contribution is -2.50. The predicted octanol–water partition coefficient (Wildman–Crippen LogP) is 2.28. The average molecular weight is 518 g/mol. The molecule has 2 aliphatic rings. The minimum absolute atomic E-state index is 0.213. The minimum atomic E-state index is -0.213. The van der Waals surface area contributed by atoms with Gasteiger partial charge in [0.25, 0.3) is 5.91 Å². The van der Waals surface area contributed by atoms with Crippen molar-refractivity contribution in [3.63, 3.8) is 0 Å². The molecule has 3 aromatic rings. The van der Waals surface area contributed by atoms with Crippen LogP contribution in [-0.2, 0) is 11.2 Å². The highest BCUT2D eigenvalue weighted by atomic mass is 16.5. The molecule has 0 atom stereocenters. The van der Waals surface area contributed by atoms with E-state index in [2.05, 4.69) is 40.3 Å². The molecule has 0 bridgehead atoms. The summed E-state index contributed by atoms with van der Waals surface area (Å²) in [6.45, 7) is 11.6. The normalized spacial score (nSPS) is 16.8. The van der Waals surface area contributed by atoms with Gasteiger partial charge in [-0.25, -0.2) is 4.98 Å². The number of amides is 1. The minimum Gasteiger partial charge on any atom is -0.379 e. The quantitative estimate of drug-likeness (QED) is 0.438. The van der Waals surface area contributed by atoms with Crippen LogP contribution < -0.4 is 15.5 Å². The zero-order chi connectivity index (χ0) is 26.2. The second kappa shape index (κ2) is 12.7. The lowest BCUT2D eigenvalue weighted by Gasteiger charge is -2.36. The van der Waals surface area contributed by atoms with E-state index in [1.165, 1.54) is 0 Å². The summed E-state index contributed by atoms with van der Waals surface area (Å²) in [6, 6.07) is 12.8. The number of aryl methyl sites for hydroxylation is 1. The Hall–Kier alpha value is -3.67. The van der Waals surface area contributed by atoms with Crippen LogP contribution in [0.1, 0.15) is 23.1 Å². The lowest BCUT2D eigenvalue weighted by molar-refractivity contribution is 0.0331. The zero-order valence-corrected chi connectivity index (χ0v) is 21.8. The predicted molar refractivity (Wildman–Crippen MR) is 147 cm³/mol. The number of hydrogen-bond acceptors (Lipinski definition) is 10. The third-order valence-corrected chi connectivity index (χ3v) is 6.77. The van der Waals surface area contributed by atoms with Gasteiger partial charge in [-0.3, -0.25) is 14.6 Å². The van der Waals surface area contributed by atoms with Crippen LogP contribution >= 0.6 is 0 Å². The number of anilines is 4. The van der Waals surface area contributed by atoms with Crippen molar-refractivity contribution in [3.05, 3.63) is 60.0 Å². The van der Waals surface area contributed by atoms with E-state index in [4.69, 9.17) is 9.72 Å². The number of ether oxygens (including phenoxy) is 1. The second-order valence-electron chi connectivity index (χ2n) is 9.39. The van der Waals surface area contributed by atoms with Crippen LogP contribution in [0.5, 0.6) is 0 Å². The average Bonchev–Trinajstić information content (AvgIpc) is 2.97. The number of carbonyl (C=O) groups excluding carboxylic acids is 1. The van der Waals surface area contributed by atoms with Crippen molar-refractivity contribution in [2.75, 3.05) is 81.1 Å². The van der Waals surface area contributed by atoms with Gasteiger partial charge in [0.05, 0.1) is 18.8 Å². The van der Waals surface area contributed by atoms with Crippen LogP contribution in [0.4, 0.5) is 23.4 Å². The Balaban J connectivity index is 1.17. The summed E-state index contributed by atoms with van der Waals surface area (Å²) in [5.41, 5.74) is 1.21. The molecule has 2 aromatic heterocycles. The molecule has 38 heavy (non-hydrogen) atoms. The SMILES string of the molecule is CCc1nc(Nc2ccc(C(=O)Nc3ccccc3)cn2)nc(N2CCN(CCN3CCOCC3)CC2)n1. The highest BCUT2D eigenvalue weighted by Gasteiger charge is 2.21. The number of para-hydroxylation sites is 1. The maximum Gasteiger partial charge on any atom is 0.257 e. The third-order valence-electron chi connectivity index (χ3n) is 6.77. The third kappa shape index (κ3) is 7.00. The smallest absolute Gasteiger partial charge is 0.257 e. The lowest BCUT2D eigenvalue weighted by atomic mass is 10.2. The molecule has 1 amide bonds. The van der Waals surface area contributed by atoms with Gasteiger partial charge in [-0.15, -0.1) is 0 Å². The number of pyridine rings is 1. The first-order chi connectivity index (χ1) is 18.7. The number of rotatable bonds is 9.